The van der Waals surface area contributed by atoms with Gasteiger partial charge in [0.25, 0.3) is 0 Å². The van der Waals surface area contributed by atoms with E-state index in [1.165, 1.54) is 0 Å². The van der Waals surface area contributed by atoms with Crippen LogP contribution in [0.5, 0.6) is 0 Å². The van der Waals surface area contributed by atoms with E-state index in [-0.39, 0.29) is 18.9 Å². The van der Waals surface area contributed by atoms with Crippen LogP contribution in [-0.2, 0) is 0 Å². The van der Waals surface area contributed by atoms with Crippen molar-refractivity contribution < 1.29 is 0 Å². The molecule has 0 aliphatic carbocycles. The van der Waals surface area contributed by atoms with Gasteiger partial charge in [0.2, 0.25) is 0 Å². The summed E-state index contributed by atoms with van der Waals surface area (Å²) >= 11 is 0. The zero-order valence-electron chi connectivity index (χ0n) is 2.99. The van der Waals surface area contributed by atoms with Crippen molar-refractivity contribution in [2.75, 3.05) is 0 Å². The molecule has 0 amide bonds. The van der Waals surface area contributed by atoms with Crippen LogP contribution >= 0.6 is 0 Å². The van der Waals surface area contributed by atoms with Crippen LogP contribution in [0.25, 0.3) is 0 Å². The summed E-state index contributed by atoms with van der Waals surface area (Å²) in [5.74, 6) is 0. The van der Waals surface area contributed by atoms with Gasteiger partial charge in [-0.2, -0.15) is 0 Å². The normalized spacial score (nSPS) is 5.00. The Morgan fingerprint density at radius 3 is 2.00 bits per heavy atom. The van der Waals surface area contributed by atoms with Crippen molar-refractivity contribution in [3.63, 3.8) is 0 Å². The van der Waals surface area contributed by atoms with Gasteiger partial charge in [-0.15, -0.1) is 6.58 Å². The van der Waals surface area contributed by atoms with Gasteiger partial charge in [0.15, 0.2) is 0 Å². The molecule has 0 saturated heterocycles. The van der Waals surface area contributed by atoms with Gasteiger partial charge in [-0.25, -0.2) is 0 Å². The number of hydrogen-bond acceptors (Lipinski definition) is 0. The van der Waals surface area contributed by atoms with Gasteiger partial charge in [-0.3, -0.25) is 0 Å². The minimum absolute atomic E-state index is 0. The minimum atomic E-state index is 0. The molecule has 0 aromatic heterocycles. The molecule has 0 N–H and O–H groups in total. The summed E-state index contributed by atoms with van der Waals surface area (Å²) in [7, 11) is 0. The molecule has 26 valence electrons. The Labute approximate surface area is 45.4 Å². The zero-order chi connectivity index (χ0) is 3.41. The maximum absolute atomic E-state index is 3.48. The van der Waals surface area contributed by atoms with Gasteiger partial charge < -0.3 is 0 Å². The van der Waals surface area contributed by atoms with Gasteiger partial charge in [0.1, 0.15) is 0 Å². The molecule has 0 saturated carbocycles. The van der Waals surface area contributed by atoms with Crippen molar-refractivity contribution in [3.8, 4) is 0 Å². The Balaban J connectivity index is 0. The third-order valence-corrected chi connectivity index (χ3v) is 0.289. The Bertz CT molecular complexity index is 17.6. The molecule has 0 aliphatic heterocycles. The second-order valence-electron chi connectivity index (χ2n) is 0.697. The molecule has 0 aromatic carbocycles. The summed E-state index contributed by atoms with van der Waals surface area (Å²) < 4.78 is 0. The van der Waals surface area contributed by atoms with Crippen molar-refractivity contribution in [2.24, 2.45) is 0 Å². The Hall–Kier alpha value is 0.337. The molecule has 1 heteroatoms. The fourth-order valence-electron chi connectivity index (χ4n) is 0. The van der Waals surface area contributed by atoms with E-state index in [0.717, 1.165) is 6.42 Å². The van der Waals surface area contributed by atoms with E-state index in [1.54, 1.807) is 0 Å². The van der Waals surface area contributed by atoms with Crippen LogP contribution < -0.4 is 0 Å². The fourth-order valence-corrected chi connectivity index (χ4v) is 0. The molecule has 0 fully saturated rings. The Kier molecular flexibility index (Phi) is 15.9. The summed E-state index contributed by atoms with van der Waals surface area (Å²) in [6.45, 7) is 5.54. The van der Waals surface area contributed by atoms with Gasteiger partial charge in [0, 0.05) is 0 Å². The maximum atomic E-state index is 3.48. The second kappa shape index (κ2) is 8.84. The molecular weight excluding hydrogens is 55.0 g/mol. The first-order valence-electron chi connectivity index (χ1n) is 1.52. The van der Waals surface area contributed by atoms with E-state index in [1.807, 2.05) is 6.08 Å². The Morgan fingerprint density at radius 2 is 2.00 bits per heavy atom. The number of hydrogen-bond donors (Lipinski definition) is 0. The van der Waals surface area contributed by atoms with E-state index in [0.29, 0.717) is 0 Å². The summed E-state index contributed by atoms with van der Waals surface area (Å²) in [5.41, 5.74) is 0. The van der Waals surface area contributed by atoms with Crippen LogP contribution in [0.15, 0.2) is 12.7 Å². The molecule has 5 heavy (non-hydrogen) atoms. The van der Waals surface area contributed by atoms with Crippen molar-refractivity contribution in [1.82, 2.24) is 0 Å². The van der Waals surface area contributed by atoms with E-state index in [4.69, 9.17) is 0 Å². The molecule has 0 radical (unpaired) electrons. The molecule has 0 rings (SSSR count). The third-order valence-electron chi connectivity index (χ3n) is 0.289. The predicted octanol–water partition coefficient (Wildman–Crippen LogP) is 0.934. The molecule has 0 nitrogen and oxygen atoms in total. The molecule has 0 bridgehead atoms. The molecule has 0 spiro atoms. The Morgan fingerprint density at radius 1 is 1.80 bits per heavy atom. The van der Waals surface area contributed by atoms with Crippen molar-refractivity contribution in [2.45, 2.75) is 13.3 Å². The van der Waals surface area contributed by atoms with Crippen LogP contribution in [-0.4, -0.2) is 18.9 Å². The quantitative estimate of drug-likeness (QED) is 0.314. The SMILES string of the molecule is C=CCC.[LiH]. The van der Waals surface area contributed by atoms with Crippen LogP contribution in [0, 0.1) is 0 Å². The predicted molar refractivity (Wildman–Crippen MR) is 27.6 cm³/mol. The van der Waals surface area contributed by atoms with Gasteiger partial charge >= 0.3 is 18.9 Å². The first-order chi connectivity index (χ1) is 1.91. The number of allylic oxidation sites excluding steroid dienone is 1. The van der Waals surface area contributed by atoms with Crippen molar-refractivity contribution in [3.05, 3.63) is 12.7 Å². The molecule has 0 unspecified atom stereocenters. The first-order valence-corrected chi connectivity index (χ1v) is 1.52. The third kappa shape index (κ3) is 13.2. The molecule has 0 heterocycles. The van der Waals surface area contributed by atoms with E-state index in [2.05, 4.69) is 13.5 Å². The van der Waals surface area contributed by atoms with Crippen LogP contribution in [0.2, 0.25) is 0 Å². The van der Waals surface area contributed by atoms with Crippen molar-refractivity contribution >= 4 is 18.9 Å². The standard InChI is InChI=1S/C4H8.Li.H/c1-3-4-2;;/h3H,1,4H2,2H3;;. The molecule has 0 atom stereocenters. The van der Waals surface area contributed by atoms with E-state index in [9.17, 15) is 0 Å². The zero-order valence-corrected chi connectivity index (χ0v) is 2.99. The van der Waals surface area contributed by atoms with Crippen LogP contribution in [0.1, 0.15) is 13.3 Å². The van der Waals surface area contributed by atoms with E-state index >= 15 is 0 Å². The van der Waals surface area contributed by atoms with E-state index < -0.39 is 0 Å². The molecule has 0 aliphatic rings. The van der Waals surface area contributed by atoms with Crippen LogP contribution in [0.3, 0.4) is 0 Å². The fraction of sp³-hybridized carbons (Fsp3) is 0.500. The average molecular weight is 64.1 g/mol. The summed E-state index contributed by atoms with van der Waals surface area (Å²) in [6, 6.07) is 0. The average Bonchev–Trinajstić information content (AvgIpc) is 1.37. The van der Waals surface area contributed by atoms with Crippen LogP contribution in [0.4, 0.5) is 0 Å². The molecule has 0 aromatic rings. The van der Waals surface area contributed by atoms with Gasteiger partial charge in [0.05, 0.1) is 0 Å². The topological polar surface area (TPSA) is 0 Å². The van der Waals surface area contributed by atoms with Gasteiger partial charge in [-0.05, 0) is 6.42 Å². The second-order valence-corrected chi connectivity index (χ2v) is 0.697. The summed E-state index contributed by atoms with van der Waals surface area (Å²) in [5, 5.41) is 0. The number of rotatable bonds is 1. The first kappa shape index (κ1) is 9.02. The van der Waals surface area contributed by atoms with Crippen molar-refractivity contribution in [1.29, 1.82) is 0 Å². The monoisotopic (exact) mass is 64.1 g/mol. The molecular formula is C4H9Li. The van der Waals surface area contributed by atoms with Gasteiger partial charge in [-0.1, -0.05) is 13.0 Å². The summed E-state index contributed by atoms with van der Waals surface area (Å²) in [4.78, 5) is 0. The summed E-state index contributed by atoms with van der Waals surface area (Å²) in [6.07, 6.45) is 2.96.